The first-order valence-electron chi connectivity index (χ1n) is 7.17. The maximum absolute atomic E-state index is 12.4. The van der Waals surface area contributed by atoms with E-state index in [4.69, 9.17) is 4.74 Å². The highest BCUT2D eigenvalue weighted by Crippen LogP contribution is 2.32. The van der Waals surface area contributed by atoms with Gasteiger partial charge in [0.05, 0.1) is 18.1 Å². The molecule has 6 heteroatoms. The van der Waals surface area contributed by atoms with E-state index in [0.29, 0.717) is 31.8 Å². The summed E-state index contributed by atoms with van der Waals surface area (Å²) in [6.45, 7) is 3.08. The summed E-state index contributed by atoms with van der Waals surface area (Å²) in [4.78, 5) is 32.3. The van der Waals surface area contributed by atoms with Crippen molar-refractivity contribution >= 4 is 11.8 Å². The molecular formula is C15H19N3O3. The predicted octanol–water partition coefficient (Wildman–Crippen LogP) is 0.258. The summed E-state index contributed by atoms with van der Waals surface area (Å²) in [5.41, 5.74) is 0.584. The fraction of sp³-hybridized carbons (Fsp3) is 0.533. The molecule has 0 bridgehead atoms. The Labute approximate surface area is 123 Å². The van der Waals surface area contributed by atoms with Gasteiger partial charge in [-0.15, -0.1) is 0 Å². The molecule has 6 nitrogen and oxygen atoms in total. The van der Waals surface area contributed by atoms with E-state index in [0.717, 1.165) is 6.54 Å². The van der Waals surface area contributed by atoms with Gasteiger partial charge in [-0.05, 0) is 12.1 Å². The molecule has 2 aliphatic rings. The van der Waals surface area contributed by atoms with E-state index in [2.05, 4.69) is 4.98 Å². The number of ether oxygens (including phenoxy) is 1. The fourth-order valence-corrected chi connectivity index (χ4v) is 3.18. The molecule has 21 heavy (non-hydrogen) atoms. The monoisotopic (exact) mass is 289 g/mol. The zero-order chi connectivity index (χ0) is 14.8. The van der Waals surface area contributed by atoms with Crippen LogP contribution in [0.25, 0.3) is 0 Å². The lowest BCUT2D eigenvalue weighted by Gasteiger charge is -2.21. The third-order valence-electron chi connectivity index (χ3n) is 4.29. The zero-order valence-electron chi connectivity index (χ0n) is 12.1. The Morgan fingerprint density at radius 3 is 2.95 bits per heavy atom. The lowest BCUT2D eigenvalue weighted by atomic mass is 10.0. The number of hydrogen-bond donors (Lipinski definition) is 0. The van der Waals surface area contributed by atoms with Crippen LogP contribution in [0.1, 0.15) is 10.4 Å². The number of rotatable bonds is 4. The fourth-order valence-electron chi connectivity index (χ4n) is 3.18. The van der Waals surface area contributed by atoms with Gasteiger partial charge in [0.1, 0.15) is 0 Å². The molecule has 2 atom stereocenters. The summed E-state index contributed by atoms with van der Waals surface area (Å²) in [7, 11) is 1.63. The van der Waals surface area contributed by atoms with Gasteiger partial charge in [-0.3, -0.25) is 14.6 Å². The molecule has 0 aromatic carbocycles. The summed E-state index contributed by atoms with van der Waals surface area (Å²) < 4.78 is 5.03. The van der Waals surface area contributed by atoms with E-state index in [9.17, 15) is 9.59 Å². The van der Waals surface area contributed by atoms with Crippen molar-refractivity contribution in [2.24, 2.45) is 11.8 Å². The molecule has 112 valence electrons. The number of carbonyl (C=O) groups excluding carboxylic acids is 2. The number of methoxy groups -OCH3 is 1. The third kappa shape index (κ3) is 2.63. The quantitative estimate of drug-likeness (QED) is 0.797. The molecule has 2 fully saturated rings. The standard InChI is InChI=1S/C15H19N3O3/c1-21-6-5-17-8-12-9-18(10-13(12)15(17)20)14(19)11-3-2-4-16-7-11/h2-4,7,12-13H,5-6,8-10H2,1H3/t12-,13+/m1/s1. The largest absolute Gasteiger partial charge is 0.383 e. The van der Waals surface area contributed by atoms with Crippen LogP contribution in [0.4, 0.5) is 0 Å². The smallest absolute Gasteiger partial charge is 0.255 e. The maximum Gasteiger partial charge on any atom is 0.255 e. The minimum absolute atomic E-state index is 0.0336. The highest BCUT2D eigenvalue weighted by Gasteiger charge is 2.47. The number of likely N-dealkylation sites (tertiary alicyclic amines) is 2. The third-order valence-corrected chi connectivity index (χ3v) is 4.29. The van der Waals surface area contributed by atoms with Crippen molar-refractivity contribution in [1.29, 1.82) is 0 Å². The normalized spacial score (nSPS) is 24.5. The molecule has 1 aromatic heterocycles. The Balaban J connectivity index is 1.63. The van der Waals surface area contributed by atoms with Crippen molar-refractivity contribution in [1.82, 2.24) is 14.8 Å². The first-order chi connectivity index (χ1) is 10.2. The number of fused-ring (bicyclic) bond motifs is 1. The van der Waals surface area contributed by atoms with Crippen molar-refractivity contribution < 1.29 is 14.3 Å². The van der Waals surface area contributed by atoms with Gasteiger partial charge < -0.3 is 14.5 Å². The number of hydrogen-bond acceptors (Lipinski definition) is 4. The Hall–Kier alpha value is -1.95. The molecule has 0 radical (unpaired) electrons. The second-order valence-corrected chi connectivity index (χ2v) is 5.60. The van der Waals surface area contributed by atoms with Gasteiger partial charge in [0.15, 0.2) is 0 Å². The van der Waals surface area contributed by atoms with Gasteiger partial charge in [-0.1, -0.05) is 0 Å². The summed E-state index contributed by atoms with van der Waals surface area (Å²) >= 11 is 0. The molecule has 0 unspecified atom stereocenters. The van der Waals surface area contributed by atoms with Crippen molar-refractivity contribution in [2.45, 2.75) is 0 Å². The Morgan fingerprint density at radius 2 is 2.29 bits per heavy atom. The zero-order valence-corrected chi connectivity index (χ0v) is 12.1. The van der Waals surface area contributed by atoms with E-state index >= 15 is 0 Å². The molecule has 1 aromatic rings. The molecule has 3 rings (SSSR count). The van der Waals surface area contributed by atoms with Gasteiger partial charge in [-0.25, -0.2) is 0 Å². The lowest BCUT2D eigenvalue weighted by Crippen LogP contribution is -2.36. The second-order valence-electron chi connectivity index (χ2n) is 5.60. The molecule has 2 amide bonds. The maximum atomic E-state index is 12.4. The van der Waals surface area contributed by atoms with Crippen LogP contribution in [0.5, 0.6) is 0 Å². The van der Waals surface area contributed by atoms with Crippen molar-refractivity contribution in [3.05, 3.63) is 30.1 Å². The van der Waals surface area contributed by atoms with E-state index in [1.165, 1.54) is 0 Å². The van der Waals surface area contributed by atoms with E-state index in [1.54, 1.807) is 36.5 Å². The number of amides is 2. The van der Waals surface area contributed by atoms with Crippen molar-refractivity contribution in [3.63, 3.8) is 0 Å². The van der Waals surface area contributed by atoms with Gasteiger partial charge in [0.2, 0.25) is 5.91 Å². The molecule has 3 heterocycles. The topological polar surface area (TPSA) is 62.7 Å². The number of aromatic nitrogens is 1. The predicted molar refractivity (Wildman–Crippen MR) is 75.6 cm³/mol. The molecule has 0 saturated carbocycles. The molecule has 0 spiro atoms. The van der Waals surface area contributed by atoms with Crippen LogP contribution in [-0.4, -0.2) is 66.5 Å². The summed E-state index contributed by atoms with van der Waals surface area (Å²) in [6.07, 6.45) is 3.22. The van der Waals surface area contributed by atoms with Crippen LogP contribution >= 0.6 is 0 Å². The first kappa shape index (κ1) is 14.0. The van der Waals surface area contributed by atoms with Crippen LogP contribution in [0, 0.1) is 11.8 Å². The highest BCUT2D eigenvalue weighted by atomic mass is 16.5. The summed E-state index contributed by atoms with van der Waals surface area (Å²) in [6, 6.07) is 3.51. The summed E-state index contributed by atoms with van der Waals surface area (Å²) in [5, 5.41) is 0. The minimum atomic E-state index is -0.0533. The Bertz CT molecular complexity index is 534. The molecule has 0 aliphatic carbocycles. The molecule has 2 aliphatic heterocycles. The van der Waals surface area contributed by atoms with Gasteiger partial charge >= 0.3 is 0 Å². The average Bonchev–Trinajstić information content (AvgIpc) is 3.05. The van der Waals surface area contributed by atoms with Gasteiger partial charge in [0.25, 0.3) is 5.91 Å². The average molecular weight is 289 g/mol. The van der Waals surface area contributed by atoms with E-state index in [-0.39, 0.29) is 23.7 Å². The van der Waals surface area contributed by atoms with Crippen LogP contribution in [0.3, 0.4) is 0 Å². The Kier molecular flexibility index (Phi) is 3.88. The van der Waals surface area contributed by atoms with Gasteiger partial charge in [0, 0.05) is 51.6 Å². The molecule has 2 saturated heterocycles. The van der Waals surface area contributed by atoms with Crippen LogP contribution in [-0.2, 0) is 9.53 Å². The minimum Gasteiger partial charge on any atom is -0.383 e. The highest BCUT2D eigenvalue weighted by molar-refractivity contribution is 5.95. The second kappa shape index (κ2) is 5.81. The molecule has 0 N–H and O–H groups in total. The van der Waals surface area contributed by atoms with Crippen LogP contribution < -0.4 is 0 Å². The number of carbonyl (C=O) groups is 2. The number of nitrogens with zero attached hydrogens (tertiary/aromatic N) is 3. The first-order valence-corrected chi connectivity index (χ1v) is 7.17. The number of pyridine rings is 1. The van der Waals surface area contributed by atoms with Crippen molar-refractivity contribution in [2.75, 3.05) is 39.9 Å². The summed E-state index contributed by atoms with van der Waals surface area (Å²) in [5.74, 6) is 0.310. The van der Waals surface area contributed by atoms with Crippen molar-refractivity contribution in [3.8, 4) is 0 Å². The van der Waals surface area contributed by atoms with Gasteiger partial charge in [-0.2, -0.15) is 0 Å². The SMILES string of the molecule is COCCN1C[C@@H]2CN(C(=O)c3cccnc3)C[C@@H]2C1=O. The molecular weight excluding hydrogens is 270 g/mol. The Morgan fingerprint density at radius 1 is 1.43 bits per heavy atom. The van der Waals surface area contributed by atoms with E-state index in [1.807, 2.05) is 4.90 Å². The van der Waals surface area contributed by atoms with E-state index < -0.39 is 0 Å². The van der Waals surface area contributed by atoms with Crippen LogP contribution in [0.15, 0.2) is 24.5 Å². The van der Waals surface area contributed by atoms with Crippen LogP contribution in [0.2, 0.25) is 0 Å². The lowest BCUT2D eigenvalue weighted by molar-refractivity contribution is -0.131.